The molecule has 0 bridgehead atoms. The summed E-state index contributed by atoms with van der Waals surface area (Å²) in [5.41, 5.74) is 5.46. The number of piperazine rings is 1. The van der Waals surface area contributed by atoms with E-state index in [-0.39, 0.29) is 11.8 Å². The van der Waals surface area contributed by atoms with Gasteiger partial charge in [0.25, 0.3) is 11.7 Å². The molecule has 1 aromatic rings. The molecule has 0 radical (unpaired) electrons. The molecule has 2 aliphatic heterocycles. The highest BCUT2D eigenvalue weighted by Gasteiger charge is 2.34. The van der Waals surface area contributed by atoms with E-state index in [0.29, 0.717) is 19.5 Å². The minimum Gasteiger partial charge on any atom is -0.368 e. The molecule has 1 aromatic heterocycles. The molecule has 130 valence electrons. The first-order valence-electron chi connectivity index (χ1n) is 8.79. The van der Waals surface area contributed by atoms with Crippen molar-refractivity contribution >= 4 is 17.6 Å². The van der Waals surface area contributed by atoms with Crippen molar-refractivity contribution in [1.29, 1.82) is 0 Å². The lowest BCUT2D eigenvalue weighted by Gasteiger charge is -2.35. The van der Waals surface area contributed by atoms with E-state index in [1.54, 1.807) is 4.90 Å². The Morgan fingerprint density at radius 2 is 2.00 bits per heavy atom. The van der Waals surface area contributed by atoms with Gasteiger partial charge in [-0.2, -0.15) is 0 Å². The lowest BCUT2D eigenvalue weighted by Crippen LogP contribution is -3.16. The van der Waals surface area contributed by atoms with Crippen molar-refractivity contribution in [2.45, 2.75) is 25.3 Å². The summed E-state index contributed by atoms with van der Waals surface area (Å²) in [5.74, 6) is 0.809. The first kappa shape index (κ1) is 16.7. The van der Waals surface area contributed by atoms with Gasteiger partial charge in [0.1, 0.15) is 32.2 Å². The molecular formula is C17H27N5O2+2. The van der Waals surface area contributed by atoms with Gasteiger partial charge >= 0.3 is 0 Å². The third-order valence-corrected chi connectivity index (χ3v) is 5.06. The highest BCUT2D eigenvalue weighted by Crippen LogP contribution is 2.16. The van der Waals surface area contributed by atoms with Crippen LogP contribution in [-0.4, -0.2) is 62.0 Å². The van der Waals surface area contributed by atoms with E-state index in [0.717, 1.165) is 44.8 Å². The third-order valence-electron chi connectivity index (χ3n) is 5.06. The summed E-state index contributed by atoms with van der Waals surface area (Å²) < 4.78 is 0. The maximum absolute atomic E-state index is 12.6. The molecule has 0 unspecified atom stereocenters. The van der Waals surface area contributed by atoms with Crippen LogP contribution in [0.3, 0.4) is 0 Å². The molecule has 24 heavy (non-hydrogen) atoms. The Morgan fingerprint density at radius 3 is 2.67 bits per heavy atom. The van der Waals surface area contributed by atoms with Crippen molar-refractivity contribution < 1.29 is 19.5 Å². The van der Waals surface area contributed by atoms with E-state index in [9.17, 15) is 9.59 Å². The lowest BCUT2D eigenvalue weighted by molar-refractivity contribution is -0.892. The molecule has 0 aromatic carbocycles. The largest absolute Gasteiger partial charge is 0.368 e. The number of carbonyl (C=O) groups excluding carboxylic acids is 2. The van der Waals surface area contributed by atoms with Crippen LogP contribution in [0, 0.1) is 0 Å². The van der Waals surface area contributed by atoms with Crippen molar-refractivity contribution in [1.82, 2.24) is 4.90 Å². The number of nitrogens with two attached hydrogens (primary N) is 1. The Bertz CT molecular complexity index is 572. The number of quaternary nitrogens is 1. The van der Waals surface area contributed by atoms with E-state index in [1.165, 1.54) is 4.90 Å². The van der Waals surface area contributed by atoms with Crippen molar-refractivity contribution in [2.24, 2.45) is 5.73 Å². The zero-order chi connectivity index (χ0) is 16.9. The van der Waals surface area contributed by atoms with Gasteiger partial charge in [-0.25, -0.2) is 4.98 Å². The number of aromatic amines is 1. The van der Waals surface area contributed by atoms with E-state index >= 15 is 0 Å². The zero-order valence-electron chi connectivity index (χ0n) is 14.0. The number of H-pyrrole nitrogens is 1. The second-order valence-electron chi connectivity index (χ2n) is 6.66. The van der Waals surface area contributed by atoms with Gasteiger partial charge in [-0.15, -0.1) is 0 Å². The third kappa shape index (κ3) is 3.84. The molecule has 3 heterocycles. The maximum Gasteiger partial charge on any atom is 0.278 e. The predicted octanol–water partition coefficient (Wildman–Crippen LogP) is -1.93. The fourth-order valence-electron chi connectivity index (χ4n) is 3.66. The van der Waals surface area contributed by atoms with Crippen LogP contribution in [0.5, 0.6) is 0 Å². The molecule has 2 amide bonds. The van der Waals surface area contributed by atoms with Crippen molar-refractivity contribution in [3.63, 3.8) is 0 Å². The number of aromatic nitrogens is 1. The standard InChI is InChI=1S/C17H25N5O2/c18-17(24)14-5-2-4-8-22(14)16(23)13-20-9-11-21(12-10-20)15-6-1-3-7-19-15/h1,3,6-7,14H,2,4-5,8-13H2,(H2,18,24)/p+2/t14-/m0/s1. The number of pyridine rings is 1. The second kappa shape index (κ2) is 7.61. The van der Waals surface area contributed by atoms with E-state index in [4.69, 9.17) is 5.73 Å². The topological polar surface area (TPSA) is 85.2 Å². The number of likely N-dealkylation sites (tertiary alicyclic amines) is 1. The average Bonchev–Trinajstić information content (AvgIpc) is 2.63. The normalized spacial score (nSPS) is 22.4. The molecule has 4 N–H and O–H groups in total. The number of amides is 2. The van der Waals surface area contributed by atoms with Crippen molar-refractivity contribution in [3.8, 4) is 0 Å². The van der Waals surface area contributed by atoms with Gasteiger partial charge in [-0.1, -0.05) is 6.07 Å². The minimum absolute atomic E-state index is 0.0632. The monoisotopic (exact) mass is 333 g/mol. The average molecular weight is 333 g/mol. The molecular weight excluding hydrogens is 306 g/mol. The predicted molar refractivity (Wildman–Crippen MR) is 89.3 cm³/mol. The summed E-state index contributed by atoms with van der Waals surface area (Å²) in [4.78, 5) is 32.7. The SMILES string of the molecule is NC(=O)[C@@H]1CCCCN1C(=O)C[NH+]1CCN(c2cccc[nH+]2)CC1. The molecule has 7 heteroatoms. The molecule has 2 aliphatic rings. The van der Waals surface area contributed by atoms with Crippen molar-refractivity contribution in [3.05, 3.63) is 24.4 Å². The number of primary amides is 1. The summed E-state index contributed by atoms with van der Waals surface area (Å²) in [6, 6.07) is 5.65. The molecule has 7 nitrogen and oxygen atoms in total. The van der Waals surface area contributed by atoms with Gasteiger partial charge < -0.3 is 15.5 Å². The fraction of sp³-hybridized carbons (Fsp3) is 0.588. The summed E-state index contributed by atoms with van der Waals surface area (Å²) in [6.45, 7) is 4.79. The summed E-state index contributed by atoms with van der Waals surface area (Å²) in [7, 11) is 0. The lowest BCUT2D eigenvalue weighted by atomic mass is 10.0. The number of rotatable bonds is 4. The Labute approximate surface area is 142 Å². The minimum atomic E-state index is -0.411. The van der Waals surface area contributed by atoms with Crippen LogP contribution in [0.15, 0.2) is 24.4 Å². The Kier molecular flexibility index (Phi) is 5.30. The number of anilines is 1. The van der Waals surface area contributed by atoms with Crippen LogP contribution >= 0.6 is 0 Å². The molecule has 2 fully saturated rings. The second-order valence-corrected chi connectivity index (χ2v) is 6.66. The Hall–Kier alpha value is -2.15. The molecule has 0 saturated carbocycles. The number of hydrogen-bond acceptors (Lipinski definition) is 3. The summed E-state index contributed by atoms with van der Waals surface area (Å²) in [5, 5.41) is 0. The number of piperidine rings is 1. The first-order valence-corrected chi connectivity index (χ1v) is 8.79. The van der Waals surface area contributed by atoms with Gasteiger partial charge in [0.2, 0.25) is 5.91 Å². The highest BCUT2D eigenvalue weighted by molar-refractivity contribution is 5.87. The molecule has 0 spiro atoms. The maximum atomic E-state index is 12.6. The Balaban J connectivity index is 1.52. The van der Waals surface area contributed by atoms with Crippen LogP contribution < -0.4 is 20.5 Å². The van der Waals surface area contributed by atoms with E-state index in [2.05, 4.69) is 16.0 Å². The van der Waals surface area contributed by atoms with Crippen molar-refractivity contribution in [2.75, 3.05) is 44.2 Å². The van der Waals surface area contributed by atoms with Gasteiger partial charge in [0.05, 0.1) is 6.20 Å². The summed E-state index contributed by atoms with van der Waals surface area (Å²) >= 11 is 0. The quantitative estimate of drug-likeness (QED) is 0.673. The van der Waals surface area contributed by atoms with Gasteiger partial charge in [-0.05, 0) is 25.3 Å². The van der Waals surface area contributed by atoms with E-state index < -0.39 is 6.04 Å². The van der Waals surface area contributed by atoms with Crippen LogP contribution in [0.25, 0.3) is 0 Å². The molecule has 0 aliphatic carbocycles. The van der Waals surface area contributed by atoms with E-state index in [1.807, 2.05) is 18.3 Å². The number of carbonyl (C=O) groups is 2. The number of nitrogens with zero attached hydrogens (tertiary/aromatic N) is 2. The fourth-order valence-corrected chi connectivity index (χ4v) is 3.66. The van der Waals surface area contributed by atoms with Gasteiger partial charge in [-0.3, -0.25) is 14.5 Å². The molecule has 3 rings (SSSR count). The van der Waals surface area contributed by atoms with Crippen LogP contribution in [0.2, 0.25) is 0 Å². The molecule has 1 atom stereocenters. The number of nitrogens with one attached hydrogen (secondary N) is 2. The summed E-state index contributed by atoms with van der Waals surface area (Å²) in [6.07, 6.45) is 4.56. The smallest absolute Gasteiger partial charge is 0.278 e. The Morgan fingerprint density at radius 1 is 1.21 bits per heavy atom. The number of hydrogen-bond donors (Lipinski definition) is 2. The van der Waals surface area contributed by atoms with Crippen LogP contribution in [0.4, 0.5) is 5.82 Å². The van der Waals surface area contributed by atoms with Gasteiger partial charge in [0, 0.05) is 12.6 Å². The van der Waals surface area contributed by atoms with Gasteiger partial charge in [0.15, 0.2) is 6.54 Å². The molecule has 2 saturated heterocycles. The zero-order valence-corrected chi connectivity index (χ0v) is 14.0. The highest BCUT2D eigenvalue weighted by atomic mass is 16.2. The van der Waals surface area contributed by atoms with Crippen LogP contribution in [-0.2, 0) is 9.59 Å². The van der Waals surface area contributed by atoms with Crippen LogP contribution in [0.1, 0.15) is 19.3 Å². The first-order chi connectivity index (χ1) is 11.6.